The maximum absolute atomic E-state index is 12.1. The molecular weight excluding hydrogens is 708 g/mol. The van der Waals surface area contributed by atoms with Crippen LogP contribution in [-0.2, 0) is 22.7 Å². The van der Waals surface area contributed by atoms with Crippen molar-refractivity contribution >= 4 is 60.9 Å². The zero-order valence-electron chi connectivity index (χ0n) is 30.0. The lowest BCUT2D eigenvalue weighted by molar-refractivity contribution is -0.116. The molecule has 6 N–H and O–H groups in total. The van der Waals surface area contributed by atoms with Crippen LogP contribution in [0.5, 0.6) is 12.0 Å². The number of aromatic nitrogens is 4. The fraction of sp³-hybridized carbons (Fsp3) is 0.351. The monoisotopic (exact) mass is 753 g/mol. The number of nitrogens with zero attached hydrogens (tertiary/aromatic N) is 7. The highest BCUT2D eigenvalue weighted by atomic mass is 19.1. The number of carbonyl (C=O) groups excluding carboxylic acids is 3. The molecule has 2 aromatic carbocycles. The van der Waals surface area contributed by atoms with E-state index in [9.17, 15) is 14.4 Å². The number of hydrogen-bond donors (Lipinski definition) is 4. The number of unbranched alkanes of at least 4 members (excludes halogenated alkanes) is 2. The topological polar surface area (TPSA) is 228 Å². The first kappa shape index (κ1) is 42.9. The van der Waals surface area contributed by atoms with E-state index in [0.29, 0.717) is 60.4 Å². The standard InChI is InChI=1S/C18H20N6O2.C18H21N5O3.CH4.BF/c1-2-3-7-26-18-22-16(20)15-17(23-18)24(11-14(25)21-15)10-13-6-4-5-12(8-13)9-19;1-2-3-7-26-18-21-16(19)15-17(22-18)23(10-14(25)20-15)9-12-5-4-6-13(8-12)11-24;;1-2/h4-6,8H,2-3,7,10-11H2,1H3,(H,21,25)(H2,20,22,23);4-6,8,11H,2-3,7,9-10H2,1H3,(H,20,25)(H2,19,21,22);1H4;. The van der Waals surface area contributed by atoms with Gasteiger partial charge in [-0.15, -0.1) is 0 Å². The van der Waals surface area contributed by atoms with E-state index in [4.69, 9.17) is 30.5 Å². The molecule has 55 heavy (non-hydrogen) atoms. The fourth-order valence-electron chi connectivity index (χ4n) is 5.39. The third kappa shape index (κ3) is 11.7. The van der Waals surface area contributed by atoms with Crippen LogP contribution in [0.15, 0.2) is 48.5 Å². The predicted octanol–water partition coefficient (Wildman–Crippen LogP) is 4.75. The Morgan fingerprint density at radius 2 is 1.29 bits per heavy atom. The maximum atomic E-state index is 12.1. The molecule has 288 valence electrons. The number of amides is 2. The minimum Gasteiger partial charge on any atom is -0.463 e. The summed E-state index contributed by atoms with van der Waals surface area (Å²) in [6.45, 7) is 6.23. The summed E-state index contributed by atoms with van der Waals surface area (Å²) < 4.78 is 20.1. The van der Waals surface area contributed by atoms with Gasteiger partial charge in [0.05, 0.1) is 37.9 Å². The summed E-state index contributed by atoms with van der Waals surface area (Å²) in [4.78, 5) is 55.8. The number of ether oxygens (including phenoxy) is 2. The quantitative estimate of drug-likeness (QED) is 0.0821. The molecule has 0 spiro atoms. The number of carbonyl (C=O) groups is 3. The van der Waals surface area contributed by atoms with Crippen LogP contribution in [-0.4, -0.2) is 72.5 Å². The smallest absolute Gasteiger partial charge is 0.350 e. The van der Waals surface area contributed by atoms with E-state index in [1.807, 2.05) is 18.2 Å². The van der Waals surface area contributed by atoms with Gasteiger partial charge in [0.1, 0.15) is 17.7 Å². The number of hydrogen-bond acceptors (Lipinski definition) is 14. The first-order chi connectivity index (χ1) is 26.2. The Morgan fingerprint density at radius 1 is 0.818 bits per heavy atom. The van der Waals surface area contributed by atoms with Crippen LogP contribution in [0.2, 0.25) is 0 Å². The van der Waals surface area contributed by atoms with Gasteiger partial charge < -0.3 is 45.7 Å². The third-order valence-corrected chi connectivity index (χ3v) is 7.94. The van der Waals surface area contributed by atoms with Gasteiger partial charge in [0.2, 0.25) is 11.8 Å². The minimum absolute atomic E-state index is 0. The van der Waals surface area contributed by atoms with Gasteiger partial charge in [0, 0.05) is 18.7 Å². The van der Waals surface area contributed by atoms with Gasteiger partial charge in [-0.3, -0.25) is 14.4 Å². The molecule has 6 rings (SSSR count). The summed E-state index contributed by atoms with van der Waals surface area (Å²) in [6.07, 6.45) is 4.56. The largest absolute Gasteiger partial charge is 0.463 e. The zero-order valence-corrected chi connectivity index (χ0v) is 30.0. The predicted molar refractivity (Wildman–Crippen MR) is 210 cm³/mol. The van der Waals surface area contributed by atoms with E-state index in [2.05, 4.69) is 58.6 Å². The fourth-order valence-corrected chi connectivity index (χ4v) is 5.39. The molecule has 2 aromatic heterocycles. The van der Waals surface area contributed by atoms with Crippen LogP contribution in [0, 0.1) is 11.3 Å². The van der Waals surface area contributed by atoms with Gasteiger partial charge >= 0.3 is 20.1 Å². The summed E-state index contributed by atoms with van der Waals surface area (Å²) in [5.74, 6) is 0.987. The Labute approximate surface area is 320 Å². The molecule has 2 amide bonds. The van der Waals surface area contributed by atoms with Crippen LogP contribution in [0.3, 0.4) is 0 Å². The lowest BCUT2D eigenvalue weighted by Crippen LogP contribution is -2.39. The normalized spacial score (nSPS) is 12.4. The first-order valence-corrected chi connectivity index (χ1v) is 17.2. The molecule has 4 aromatic rings. The van der Waals surface area contributed by atoms with E-state index < -0.39 is 0 Å². The highest BCUT2D eigenvalue weighted by Crippen LogP contribution is 2.35. The molecule has 0 aliphatic carbocycles. The molecule has 18 heteroatoms. The molecule has 2 aliphatic rings. The molecular formula is C37H45BFN11O5. The summed E-state index contributed by atoms with van der Waals surface area (Å²) in [5.41, 5.74) is 15.7. The van der Waals surface area contributed by atoms with Crippen molar-refractivity contribution < 1.29 is 28.2 Å². The number of benzene rings is 2. The van der Waals surface area contributed by atoms with Crippen molar-refractivity contribution in [1.29, 1.82) is 5.26 Å². The molecule has 2 radical (unpaired) electrons. The van der Waals surface area contributed by atoms with Crippen molar-refractivity contribution in [2.75, 3.05) is 58.2 Å². The highest BCUT2D eigenvalue weighted by Gasteiger charge is 2.29. The van der Waals surface area contributed by atoms with Crippen molar-refractivity contribution in [2.45, 2.75) is 60.0 Å². The Bertz CT molecular complexity index is 1980. The molecule has 2 aliphatic heterocycles. The first-order valence-electron chi connectivity index (χ1n) is 17.2. The second-order valence-electron chi connectivity index (χ2n) is 12.1. The summed E-state index contributed by atoms with van der Waals surface area (Å²) >= 11 is 0. The van der Waals surface area contributed by atoms with Crippen molar-refractivity contribution in [3.05, 3.63) is 70.8 Å². The molecule has 4 heterocycles. The number of fused-ring (bicyclic) bond motifs is 2. The molecule has 0 atom stereocenters. The Kier molecular flexibility index (Phi) is 16.6. The van der Waals surface area contributed by atoms with Crippen molar-refractivity contribution in [3.63, 3.8) is 0 Å². The van der Waals surface area contributed by atoms with Crippen LogP contribution < -0.4 is 41.4 Å². The average Bonchev–Trinajstić information content (AvgIpc) is 3.17. The number of aldehydes is 1. The number of rotatable bonds is 13. The van der Waals surface area contributed by atoms with Crippen molar-refractivity contribution in [2.24, 2.45) is 0 Å². The maximum Gasteiger partial charge on any atom is 0.350 e. The summed E-state index contributed by atoms with van der Waals surface area (Å²) in [5, 5.41) is 14.5. The lowest BCUT2D eigenvalue weighted by atomic mass is 10.1. The van der Waals surface area contributed by atoms with Gasteiger partial charge in [-0.25, -0.2) is 0 Å². The SMILES string of the molecule is C.CCCCOc1nc(N)c2c(n1)N(Cc1cccc(C#N)c1)CC(=O)N2.CCCCOc1nc(N)c2c(n1)N(Cc1cccc(C=O)c1)CC(=O)N2.[B]F. The molecule has 0 saturated heterocycles. The third-order valence-electron chi connectivity index (χ3n) is 7.94. The summed E-state index contributed by atoms with van der Waals surface area (Å²) in [7, 11) is 3.00. The zero-order chi connectivity index (χ0) is 39.0. The Morgan fingerprint density at radius 3 is 1.75 bits per heavy atom. The number of halogens is 1. The van der Waals surface area contributed by atoms with Crippen LogP contribution in [0.25, 0.3) is 0 Å². The van der Waals surface area contributed by atoms with Gasteiger partial charge in [-0.2, -0.15) is 25.2 Å². The van der Waals surface area contributed by atoms with Crippen LogP contribution >= 0.6 is 0 Å². The number of nitriles is 1. The molecule has 0 bridgehead atoms. The second-order valence-corrected chi connectivity index (χ2v) is 12.1. The molecule has 16 nitrogen and oxygen atoms in total. The van der Waals surface area contributed by atoms with E-state index in [1.54, 1.807) is 40.1 Å². The van der Waals surface area contributed by atoms with Crippen LogP contribution in [0.4, 0.5) is 39.0 Å². The average molecular weight is 754 g/mol. The minimum atomic E-state index is -0.195. The van der Waals surface area contributed by atoms with E-state index in [1.165, 1.54) is 0 Å². The second kappa shape index (κ2) is 21.3. The van der Waals surface area contributed by atoms with Crippen molar-refractivity contribution in [3.8, 4) is 18.1 Å². The molecule has 0 unspecified atom stereocenters. The molecule has 0 fully saturated rings. The lowest BCUT2D eigenvalue weighted by Gasteiger charge is -2.30. The van der Waals surface area contributed by atoms with E-state index in [0.717, 1.165) is 43.1 Å². The van der Waals surface area contributed by atoms with E-state index in [-0.39, 0.29) is 56.0 Å². The highest BCUT2D eigenvalue weighted by molar-refractivity contribution is 6.04. The number of nitrogens with one attached hydrogen (secondary N) is 2. The van der Waals surface area contributed by atoms with E-state index >= 15 is 0 Å². The summed E-state index contributed by atoms with van der Waals surface area (Å²) in [6, 6.07) is 16.9. The molecule has 0 saturated carbocycles. The number of nitrogen functional groups attached to an aromatic ring is 2. The van der Waals surface area contributed by atoms with Gasteiger partial charge in [-0.05, 0) is 42.2 Å². The Hall–Kier alpha value is -6.51. The Balaban J connectivity index is 0.000000278. The van der Waals surface area contributed by atoms with Gasteiger partial charge in [0.15, 0.2) is 23.3 Å². The number of nitrogens with two attached hydrogens (primary N) is 2. The number of anilines is 6. The van der Waals surface area contributed by atoms with Crippen LogP contribution in [0.1, 0.15) is 74.0 Å². The van der Waals surface area contributed by atoms with Gasteiger partial charge in [-0.1, -0.05) is 64.4 Å². The van der Waals surface area contributed by atoms with Gasteiger partial charge in [0.25, 0.3) is 0 Å². The van der Waals surface area contributed by atoms with Crippen molar-refractivity contribution in [1.82, 2.24) is 19.9 Å².